The second-order valence-electron chi connectivity index (χ2n) is 7.98. The highest BCUT2D eigenvalue weighted by Crippen LogP contribution is 2.44. The molecule has 3 rings (SSSR count). The van der Waals surface area contributed by atoms with Crippen LogP contribution >= 0.6 is 23.5 Å². The summed E-state index contributed by atoms with van der Waals surface area (Å²) in [4.78, 5) is 16.3. The largest absolute Gasteiger partial charge is 0.464 e. The second-order valence-corrected chi connectivity index (χ2v) is 10.4. The van der Waals surface area contributed by atoms with Gasteiger partial charge in [0.2, 0.25) is 0 Å². The van der Waals surface area contributed by atoms with Crippen LogP contribution in [0.15, 0.2) is 58.5 Å². The Morgan fingerprint density at radius 2 is 2.00 bits per heavy atom. The number of rotatable bonds is 6. The minimum atomic E-state index is -0.546. The molecule has 0 unspecified atom stereocenters. The van der Waals surface area contributed by atoms with Crippen LogP contribution in [0.4, 0.5) is 15.8 Å². The van der Waals surface area contributed by atoms with E-state index < -0.39 is 11.6 Å². The van der Waals surface area contributed by atoms with Gasteiger partial charge in [0.05, 0.1) is 22.9 Å². The van der Waals surface area contributed by atoms with Crippen LogP contribution in [0.1, 0.15) is 34.1 Å². The lowest BCUT2D eigenvalue weighted by molar-refractivity contribution is -0.148. The van der Waals surface area contributed by atoms with E-state index in [1.165, 1.54) is 24.5 Å². The first-order valence-electron chi connectivity index (χ1n) is 10.3. The molecule has 0 spiro atoms. The number of anilines is 2. The lowest BCUT2D eigenvalue weighted by Gasteiger charge is -2.26. The number of benzene rings is 2. The number of thioether (sulfide) groups is 2. The predicted molar refractivity (Wildman–Crippen MR) is 127 cm³/mol. The highest BCUT2D eigenvalue weighted by Gasteiger charge is 2.21. The summed E-state index contributed by atoms with van der Waals surface area (Å²) in [6, 6.07) is 10.8. The number of hydrogen-bond acceptors (Lipinski definition) is 6. The van der Waals surface area contributed by atoms with Gasteiger partial charge in [-0.25, -0.2) is 9.18 Å². The number of carbonyl (C=O) groups excluding carboxylic acids is 1. The molecule has 0 aliphatic carbocycles. The summed E-state index contributed by atoms with van der Waals surface area (Å²) in [5.74, 6) is 1.89. The van der Waals surface area contributed by atoms with Crippen molar-refractivity contribution in [2.75, 3.05) is 23.0 Å². The van der Waals surface area contributed by atoms with E-state index >= 15 is 0 Å². The fraction of sp³-hybridized carbons (Fsp3) is 0.375. The second kappa shape index (κ2) is 10.5. The molecule has 0 aromatic heterocycles. The molecule has 0 N–H and O–H groups in total. The molecule has 7 heteroatoms. The summed E-state index contributed by atoms with van der Waals surface area (Å²) >= 11 is 3.46. The van der Waals surface area contributed by atoms with E-state index in [-0.39, 0.29) is 5.82 Å². The lowest BCUT2D eigenvalue weighted by Crippen LogP contribution is -2.22. The summed E-state index contributed by atoms with van der Waals surface area (Å²) in [7, 11) is 0. The fourth-order valence-corrected chi connectivity index (χ4v) is 4.89. The molecule has 0 radical (unpaired) electrons. The zero-order chi connectivity index (χ0) is 22.4. The Labute approximate surface area is 192 Å². The van der Waals surface area contributed by atoms with Crippen LogP contribution in [0.2, 0.25) is 0 Å². The maximum absolute atomic E-state index is 13.4. The third-order valence-corrected chi connectivity index (χ3v) is 6.39. The zero-order valence-electron chi connectivity index (χ0n) is 18.3. The average molecular weight is 462 g/mol. The zero-order valence-corrected chi connectivity index (χ0v) is 19.9. The van der Waals surface area contributed by atoms with Crippen LogP contribution in [-0.4, -0.2) is 29.6 Å². The van der Waals surface area contributed by atoms with Crippen molar-refractivity contribution < 1.29 is 18.7 Å². The summed E-state index contributed by atoms with van der Waals surface area (Å²) < 4.78 is 24.6. The summed E-state index contributed by atoms with van der Waals surface area (Å²) in [5, 5.41) is 0. The van der Waals surface area contributed by atoms with Crippen molar-refractivity contribution in [3.05, 3.63) is 54.6 Å². The molecule has 1 aliphatic rings. The van der Waals surface area contributed by atoms with E-state index in [0.717, 1.165) is 45.6 Å². The molecule has 2 aromatic carbocycles. The Balaban J connectivity index is 1.89. The molecule has 166 valence electrons. The van der Waals surface area contributed by atoms with Gasteiger partial charge in [-0.3, -0.25) is 0 Å². The number of halogens is 1. The Hall–Kier alpha value is -2.12. The molecule has 0 saturated carbocycles. The Morgan fingerprint density at radius 3 is 2.68 bits per heavy atom. The number of hydrogen-bond donors (Lipinski definition) is 0. The van der Waals surface area contributed by atoms with Gasteiger partial charge in [0.15, 0.2) is 0 Å². The summed E-state index contributed by atoms with van der Waals surface area (Å²) in [6.45, 7) is 8.42. The van der Waals surface area contributed by atoms with E-state index in [2.05, 4.69) is 17.9 Å². The van der Waals surface area contributed by atoms with E-state index in [0.29, 0.717) is 5.75 Å². The Bertz CT molecular complexity index is 939. The molecule has 1 heterocycles. The number of fused-ring (bicyclic) bond motifs is 1. The average Bonchev–Trinajstić information content (AvgIpc) is 2.89. The van der Waals surface area contributed by atoms with Gasteiger partial charge in [0.1, 0.15) is 17.2 Å². The van der Waals surface area contributed by atoms with Gasteiger partial charge in [0, 0.05) is 17.1 Å². The highest BCUT2D eigenvalue weighted by molar-refractivity contribution is 7.99. The number of esters is 1. The molecule has 0 fully saturated rings. The molecule has 0 amide bonds. The van der Waals surface area contributed by atoms with Crippen LogP contribution in [0.3, 0.4) is 0 Å². The van der Waals surface area contributed by atoms with E-state index in [4.69, 9.17) is 9.47 Å². The first kappa shape index (κ1) is 23.5. The number of ether oxygens (including phenoxy) is 2. The van der Waals surface area contributed by atoms with Crippen molar-refractivity contribution in [3.63, 3.8) is 0 Å². The molecule has 0 saturated heterocycles. The summed E-state index contributed by atoms with van der Waals surface area (Å²) in [6.07, 6.45) is 3.70. The molecule has 0 atom stereocenters. The van der Waals surface area contributed by atoms with E-state index in [9.17, 15) is 9.18 Å². The maximum Gasteiger partial charge on any atom is 0.334 e. The van der Waals surface area contributed by atoms with Gasteiger partial charge < -0.3 is 14.4 Å². The molecule has 31 heavy (non-hydrogen) atoms. The quantitative estimate of drug-likeness (QED) is 0.204. The molecular formula is C24H28FNO3S2. The van der Waals surface area contributed by atoms with Gasteiger partial charge in [0.25, 0.3) is 0 Å². The highest BCUT2D eigenvalue weighted by atomic mass is 32.2. The first-order chi connectivity index (χ1) is 14.8. The van der Waals surface area contributed by atoms with Crippen LogP contribution in [0, 0.1) is 5.82 Å². The first-order valence-corrected chi connectivity index (χ1v) is 12.3. The van der Waals surface area contributed by atoms with E-state index in [1.807, 2.05) is 39.0 Å². The van der Waals surface area contributed by atoms with Crippen LogP contribution in [0.25, 0.3) is 0 Å². The van der Waals surface area contributed by atoms with Crippen molar-refractivity contribution in [1.82, 2.24) is 0 Å². The van der Waals surface area contributed by atoms with Gasteiger partial charge in [-0.2, -0.15) is 0 Å². The normalized spacial score (nSPS) is 14.3. The SMILES string of the molecule is CCSc1cc2c(cc1O/C=C/C(=O)OC(C)(C)C)SCCCN2c1ccc(F)cc1. The third-order valence-electron chi connectivity index (χ3n) is 4.34. The standard InChI is InChI=1S/C24H28FNO3S2/c1-5-30-22-15-19-21(16-20(22)28-13-11-23(27)29-24(2,3)4)31-14-6-12-26(19)18-9-7-17(25)8-10-18/h7-11,13,15-16H,5-6,12,14H2,1-4H3/b13-11+. The third kappa shape index (κ3) is 6.68. The topological polar surface area (TPSA) is 38.8 Å². The van der Waals surface area contributed by atoms with Crippen molar-refractivity contribution in [2.24, 2.45) is 0 Å². The summed E-state index contributed by atoms with van der Waals surface area (Å²) in [5.41, 5.74) is 1.51. The molecular weight excluding hydrogens is 433 g/mol. The van der Waals surface area contributed by atoms with Crippen molar-refractivity contribution in [2.45, 2.75) is 49.5 Å². The predicted octanol–water partition coefficient (Wildman–Crippen LogP) is 6.81. The van der Waals surface area contributed by atoms with E-state index in [1.54, 1.807) is 23.5 Å². The number of carbonyl (C=O) groups is 1. The van der Waals surface area contributed by atoms with Gasteiger partial charge in [-0.15, -0.1) is 23.5 Å². The van der Waals surface area contributed by atoms with Gasteiger partial charge in [-0.05, 0) is 75.1 Å². The van der Waals surface area contributed by atoms with Gasteiger partial charge in [-0.1, -0.05) is 6.92 Å². The number of nitrogens with zero attached hydrogens (tertiary/aromatic N) is 1. The minimum Gasteiger partial charge on any atom is -0.464 e. The Morgan fingerprint density at radius 1 is 1.26 bits per heavy atom. The van der Waals surface area contributed by atoms with Gasteiger partial charge >= 0.3 is 5.97 Å². The van der Waals surface area contributed by atoms with Crippen molar-refractivity contribution in [1.29, 1.82) is 0 Å². The van der Waals surface area contributed by atoms with Crippen LogP contribution in [-0.2, 0) is 9.53 Å². The van der Waals surface area contributed by atoms with Crippen LogP contribution < -0.4 is 9.64 Å². The lowest BCUT2D eigenvalue weighted by atomic mass is 10.2. The molecule has 4 nitrogen and oxygen atoms in total. The minimum absolute atomic E-state index is 0.240. The van der Waals surface area contributed by atoms with Crippen molar-refractivity contribution >= 4 is 40.9 Å². The molecule has 1 aliphatic heterocycles. The molecule has 2 aromatic rings. The maximum atomic E-state index is 13.4. The monoisotopic (exact) mass is 461 g/mol. The van der Waals surface area contributed by atoms with Crippen molar-refractivity contribution in [3.8, 4) is 5.75 Å². The smallest absolute Gasteiger partial charge is 0.334 e. The molecule has 0 bridgehead atoms. The van der Waals surface area contributed by atoms with Crippen LogP contribution in [0.5, 0.6) is 5.75 Å². The fourth-order valence-electron chi connectivity index (χ4n) is 3.13. The Kier molecular flexibility index (Phi) is 7.94.